The second-order valence-electron chi connectivity index (χ2n) is 5.19. The molecule has 1 N–H and O–H groups in total. The minimum absolute atomic E-state index is 0.288. The molecule has 0 amide bonds. The van der Waals surface area contributed by atoms with Gasteiger partial charge in [0.2, 0.25) is 0 Å². The number of Topliss-reactive ketones (excluding diaryl/α,β-unsaturated/α-hetero) is 1. The van der Waals surface area contributed by atoms with Gasteiger partial charge in [-0.05, 0) is 21.6 Å². The van der Waals surface area contributed by atoms with Gasteiger partial charge in [-0.25, -0.2) is 4.68 Å². The van der Waals surface area contributed by atoms with Crippen LogP contribution in [0.3, 0.4) is 0 Å². The molecule has 3 aromatic rings. The monoisotopic (exact) mass is 308 g/mol. The smallest absolute Gasteiger partial charge is 0.188 e. The van der Waals surface area contributed by atoms with Crippen LogP contribution < -0.4 is 0 Å². The van der Waals surface area contributed by atoms with E-state index in [1.165, 1.54) is 0 Å². The van der Waals surface area contributed by atoms with Gasteiger partial charge in [-0.3, -0.25) is 4.79 Å². The summed E-state index contributed by atoms with van der Waals surface area (Å²) in [6.07, 6.45) is 0.662. The predicted molar refractivity (Wildman–Crippen MR) is 84.0 cm³/mol. The lowest BCUT2D eigenvalue weighted by molar-refractivity contribution is 0.0903. The molecule has 0 bridgehead atoms. The number of ketones is 1. The Bertz CT molecular complexity index is 782. The van der Waals surface area contributed by atoms with Crippen LogP contribution in [0.4, 0.5) is 0 Å². The highest BCUT2D eigenvalue weighted by molar-refractivity contribution is 5.96. The van der Waals surface area contributed by atoms with Crippen LogP contribution in [0.25, 0.3) is 0 Å². The molecule has 23 heavy (non-hydrogen) atoms. The van der Waals surface area contributed by atoms with Gasteiger partial charge >= 0.3 is 0 Å². The Morgan fingerprint density at radius 2 is 1.74 bits per heavy atom. The summed E-state index contributed by atoms with van der Waals surface area (Å²) in [5.41, 5.74) is 2.63. The summed E-state index contributed by atoms with van der Waals surface area (Å²) in [6, 6.07) is 17.1. The van der Waals surface area contributed by atoms with Gasteiger partial charge in [-0.1, -0.05) is 54.6 Å². The van der Waals surface area contributed by atoms with Crippen LogP contribution in [-0.4, -0.2) is 37.7 Å². The van der Waals surface area contributed by atoms with Crippen molar-refractivity contribution in [2.45, 2.75) is 13.0 Å². The Morgan fingerprint density at radius 1 is 1.00 bits per heavy atom. The van der Waals surface area contributed by atoms with E-state index in [0.717, 1.165) is 17.0 Å². The standard InChI is InChI=1S/C17H16N4O2/c22-12-16(23)15-8-6-14(7-9-15)11-21-17(18-19-20-21)10-13-4-2-1-3-5-13/h1-9,22H,10-12H2. The molecule has 1 heterocycles. The first-order chi connectivity index (χ1) is 11.3. The lowest BCUT2D eigenvalue weighted by Gasteiger charge is -2.06. The average Bonchev–Trinajstić information content (AvgIpc) is 3.02. The molecule has 0 aliphatic carbocycles. The topological polar surface area (TPSA) is 80.9 Å². The Kier molecular flexibility index (Phi) is 4.54. The van der Waals surface area contributed by atoms with Gasteiger partial charge < -0.3 is 5.11 Å². The van der Waals surface area contributed by atoms with Crippen LogP contribution in [0.5, 0.6) is 0 Å². The molecule has 2 aromatic carbocycles. The molecule has 0 saturated heterocycles. The maximum absolute atomic E-state index is 11.4. The fraction of sp³-hybridized carbons (Fsp3) is 0.176. The van der Waals surface area contributed by atoms with Gasteiger partial charge in [-0.15, -0.1) is 5.10 Å². The molecule has 0 unspecified atom stereocenters. The van der Waals surface area contributed by atoms with Crippen LogP contribution in [0.1, 0.15) is 27.3 Å². The second kappa shape index (κ2) is 6.93. The zero-order valence-corrected chi connectivity index (χ0v) is 12.5. The summed E-state index contributed by atoms with van der Waals surface area (Å²) >= 11 is 0. The van der Waals surface area contributed by atoms with Crippen molar-refractivity contribution in [2.24, 2.45) is 0 Å². The molecular formula is C17H16N4O2. The van der Waals surface area contributed by atoms with E-state index in [9.17, 15) is 4.79 Å². The van der Waals surface area contributed by atoms with E-state index in [2.05, 4.69) is 15.5 Å². The Hall–Kier alpha value is -2.86. The zero-order valence-electron chi connectivity index (χ0n) is 12.5. The van der Waals surface area contributed by atoms with Gasteiger partial charge in [0.1, 0.15) is 6.61 Å². The lowest BCUT2D eigenvalue weighted by Crippen LogP contribution is -2.09. The number of nitrogens with zero attached hydrogens (tertiary/aromatic N) is 4. The number of aliphatic hydroxyl groups is 1. The highest BCUT2D eigenvalue weighted by Crippen LogP contribution is 2.10. The van der Waals surface area contributed by atoms with E-state index in [-0.39, 0.29) is 5.78 Å². The summed E-state index contributed by atoms with van der Waals surface area (Å²) in [6.45, 7) is 0.0519. The number of carbonyl (C=O) groups is 1. The predicted octanol–water partition coefficient (Wildman–Crippen LogP) is 1.49. The van der Waals surface area contributed by atoms with Gasteiger partial charge in [0.25, 0.3) is 0 Å². The fourth-order valence-electron chi connectivity index (χ4n) is 2.31. The molecule has 0 atom stereocenters. The number of hydrogen-bond acceptors (Lipinski definition) is 5. The van der Waals surface area contributed by atoms with Crippen molar-refractivity contribution in [3.05, 3.63) is 77.1 Å². The number of tetrazole rings is 1. The van der Waals surface area contributed by atoms with Crippen molar-refractivity contribution < 1.29 is 9.90 Å². The van der Waals surface area contributed by atoms with Crippen LogP contribution in [0.2, 0.25) is 0 Å². The molecule has 6 nitrogen and oxygen atoms in total. The minimum Gasteiger partial charge on any atom is -0.388 e. The fourth-order valence-corrected chi connectivity index (χ4v) is 2.31. The number of rotatable bonds is 6. The van der Waals surface area contributed by atoms with Crippen molar-refractivity contribution in [3.8, 4) is 0 Å². The highest BCUT2D eigenvalue weighted by atomic mass is 16.3. The van der Waals surface area contributed by atoms with Gasteiger partial charge in [0, 0.05) is 12.0 Å². The van der Waals surface area contributed by atoms with Gasteiger partial charge in [-0.2, -0.15) is 0 Å². The molecule has 6 heteroatoms. The van der Waals surface area contributed by atoms with Crippen molar-refractivity contribution in [1.82, 2.24) is 20.2 Å². The Balaban J connectivity index is 1.74. The molecule has 0 aliphatic rings. The summed E-state index contributed by atoms with van der Waals surface area (Å²) in [7, 11) is 0. The maximum atomic E-state index is 11.4. The van der Waals surface area contributed by atoms with Crippen molar-refractivity contribution in [1.29, 1.82) is 0 Å². The average molecular weight is 308 g/mol. The highest BCUT2D eigenvalue weighted by Gasteiger charge is 2.09. The number of aromatic nitrogens is 4. The third-order valence-corrected chi connectivity index (χ3v) is 3.56. The van der Waals surface area contributed by atoms with E-state index >= 15 is 0 Å². The quantitative estimate of drug-likeness (QED) is 0.698. The van der Waals surface area contributed by atoms with E-state index in [1.54, 1.807) is 16.8 Å². The first kappa shape index (κ1) is 15.1. The molecule has 1 aromatic heterocycles. The van der Waals surface area contributed by atoms with Gasteiger partial charge in [0.15, 0.2) is 11.6 Å². The second-order valence-corrected chi connectivity index (χ2v) is 5.19. The molecule has 0 saturated carbocycles. The van der Waals surface area contributed by atoms with E-state index in [0.29, 0.717) is 18.5 Å². The number of aliphatic hydroxyl groups excluding tert-OH is 1. The first-order valence-corrected chi connectivity index (χ1v) is 7.28. The summed E-state index contributed by atoms with van der Waals surface area (Å²) in [5.74, 6) is 0.496. The largest absolute Gasteiger partial charge is 0.388 e. The van der Waals surface area contributed by atoms with E-state index in [1.807, 2.05) is 42.5 Å². The molecule has 116 valence electrons. The van der Waals surface area contributed by atoms with Crippen molar-refractivity contribution in [2.75, 3.05) is 6.61 Å². The number of carbonyl (C=O) groups excluding carboxylic acids is 1. The maximum Gasteiger partial charge on any atom is 0.188 e. The van der Waals surface area contributed by atoms with E-state index in [4.69, 9.17) is 5.11 Å². The molecular weight excluding hydrogens is 292 g/mol. The molecule has 3 rings (SSSR count). The van der Waals surface area contributed by atoms with E-state index < -0.39 is 6.61 Å². The van der Waals surface area contributed by atoms with Crippen LogP contribution >= 0.6 is 0 Å². The van der Waals surface area contributed by atoms with Crippen LogP contribution in [0.15, 0.2) is 54.6 Å². The molecule has 0 aliphatic heterocycles. The third-order valence-electron chi connectivity index (χ3n) is 3.56. The van der Waals surface area contributed by atoms with Crippen LogP contribution in [0, 0.1) is 0 Å². The summed E-state index contributed by atoms with van der Waals surface area (Å²) in [4.78, 5) is 11.4. The van der Waals surface area contributed by atoms with Crippen molar-refractivity contribution >= 4 is 5.78 Å². The summed E-state index contributed by atoms with van der Waals surface area (Å²) in [5, 5.41) is 20.7. The Morgan fingerprint density at radius 3 is 2.43 bits per heavy atom. The molecule has 0 fully saturated rings. The number of benzene rings is 2. The lowest BCUT2D eigenvalue weighted by atomic mass is 10.1. The number of hydrogen-bond donors (Lipinski definition) is 1. The molecule has 0 radical (unpaired) electrons. The minimum atomic E-state index is -0.479. The van der Waals surface area contributed by atoms with Crippen molar-refractivity contribution in [3.63, 3.8) is 0 Å². The Labute approximate surface area is 133 Å². The third kappa shape index (κ3) is 3.67. The summed E-state index contributed by atoms with van der Waals surface area (Å²) < 4.78 is 1.75. The normalized spacial score (nSPS) is 10.7. The molecule has 0 spiro atoms. The van der Waals surface area contributed by atoms with Crippen LogP contribution in [-0.2, 0) is 13.0 Å². The zero-order chi connectivity index (χ0) is 16.1. The SMILES string of the molecule is O=C(CO)c1ccc(Cn2nnnc2Cc2ccccc2)cc1. The first-order valence-electron chi connectivity index (χ1n) is 7.28. The van der Waals surface area contributed by atoms with Gasteiger partial charge in [0.05, 0.1) is 6.54 Å².